The second kappa shape index (κ2) is 68.1. The Hall–Kier alpha value is -2.25. The smallest absolute Gasteiger partial charge is 0.0665 e. The Kier molecular flexibility index (Phi) is 64.8. The van der Waals surface area contributed by atoms with Crippen molar-refractivity contribution in [2.24, 2.45) is 9.98 Å². The number of benzene rings is 2. The maximum absolute atomic E-state index is 5.61. The number of hydrogen-bond donors (Lipinski definition) is 0. The molecule has 87 heavy (non-hydrogen) atoms. The van der Waals surface area contributed by atoms with Gasteiger partial charge in [-0.1, -0.05) is 397 Å². The molecule has 0 N–H and O–H groups in total. The van der Waals surface area contributed by atoms with Gasteiger partial charge < -0.3 is 0 Å². The SMILES string of the molecule is CCCCCCCCCCCCCCCCCCCCCCCCC=CCCCc1ccccc1N=C(CCCC)C(CCCCCCCC)=Nc1ccccc1CCCC=CCCCCCCCCCCCCCCCCCCCCCCCC.[Ni]. The Labute approximate surface area is 555 Å². The fourth-order valence-electron chi connectivity index (χ4n) is 12.9. The monoisotopic (exact) mass is 1240 g/mol. The van der Waals surface area contributed by atoms with Crippen LogP contribution in [0.3, 0.4) is 0 Å². The molecule has 0 heterocycles. The third kappa shape index (κ3) is 54.1. The van der Waals surface area contributed by atoms with Crippen LogP contribution >= 0.6 is 0 Å². The average Bonchev–Trinajstić information content (AvgIpc) is 3.70. The van der Waals surface area contributed by atoms with Crippen LogP contribution in [0.2, 0.25) is 0 Å². The van der Waals surface area contributed by atoms with Crippen molar-refractivity contribution in [2.75, 3.05) is 0 Å². The Balaban J connectivity index is 0.0000378. The molecule has 3 heteroatoms. The Morgan fingerprint density at radius 2 is 0.448 bits per heavy atom. The van der Waals surface area contributed by atoms with Gasteiger partial charge in [-0.15, -0.1) is 0 Å². The summed E-state index contributed by atoms with van der Waals surface area (Å²) in [5.41, 5.74) is 7.56. The van der Waals surface area contributed by atoms with E-state index in [1.807, 2.05) is 0 Å². The van der Waals surface area contributed by atoms with Gasteiger partial charge in [0.2, 0.25) is 0 Å². The fraction of sp³-hybridized carbons (Fsp3) is 0.786. The molecule has 0 aliphatic heterocycles. The van der Waals surface area contributed by atoms with Crippen LogP contribution in [0.5, 0.6) is 0 Å². The van der Waals surface area contributed by atoms with Gasteiger partial charge >= 0.3 is 0 Å². The molecule has 504 valence electrons. The maximum atomic E-state index is 5.61. The van der Waals surface area contributed by atoms with Crippen LogP contribution in [0, 0.1) is 0 Å². The second-order valence-electron chi connectivity index (χ2n) is 27.1. The van der Waals surface area contributed by atoms with Gasteiger partial charge in [0.25, 0.3) is 0 Å². The summed E-state index contributed by atoms with van der Waals surface area (Å²) in [5, 5.41) is 0. The molecule has 2 rings (SSSR count). The molecule has 0 aliphatic rings. The standard InChI is InChI=1S/C84H148N2.Ni/c1-5-9-13-16-19-21-23-25-27-29-31-33-35-37-39-41-43-45-47-49-51-53-55-57-59-61-64-71-79-73-67-69-76-81(79)85-83(75-12-8-4)84(78-66-63-18-15-11-7-3)86-82-77-70-68-74-80(82)72-65-62-60-58-56-54-52-50-48-46-44-42-40-38-36-34-32-30-28-26-24-22-20-17-14-10-6-2;/h57-60,67-70,73-74,76-77H,5-56,61-66,71-72,75,78H2,1-4H3;. The number of rotatable bonds is 67. The van der Waals surface area contributed by atoms with Crippen LogP contribution in [0.25, 0.3) is 0 Å². The molecule has 0 unspecified atom stereocenters. The quantitative estimate of drug-likeness (QED) is 0.0273. The summed E-state index contributed by atoms with van der Waals surface area (Å²) in [6.07, 6.45) is 94.9. The van der Waals surface area contributed by atoms with E-state index in [2.05, 4.69) is 101 Å². The van der Waals surface area contributed by atoms with Crippen molar-refractivity contribution in [1.82, 2.24) is 0 Å². The summed E-state index contributed by atoms with van der Waals surface area (Å²) in [6.45, 7) is 9.26. The molecule has 2 aromatic carbocycles. The fourth-order valence-corrected chi connectivity index (χ4v) is 12.9. The first-order chi connectivity index (χ1) is 42.7. The van der Waals surface area contributed by atoms with E-state index < -0.39 is 0 Å². The Bertz CT molecular complexity index is 1820. The zero-order valence-corrected chi connectivity index (χ0v) is 60.0. The summed E-state index contributed by atoms with van der Waals surface area (Å²) in [5.74, 6) is 0. The van der Waals surface area contributed by atoms with E-state index in [-0.39, 0.29) is 16.5 Å². The molecular formula is C84H148N2Ni. The second-order valence-corrected chi connectivity index (χ2v) is 27.1. The molecule has 0 saturated heterocycles. The largest absolute Gasteiger partial charge is 0.251 e. The van der Waals surface area contributed by atoms with Gasteiger partial charge in [-0.25, -0.2) is 0 Å². The minimum absolute atomic E-state index is 0. The van der Waals surface area contributed by atoms with E-state index in [4.69, 9.17) is 9.98 Å². The van der Waals surface area contributed by atoms with Crippen molar-refractivity contribution in [2.45, 2.75) is 426 Å². The van der Waals surface area contributed by atoms with E-state index in [9.17, 15) is 0 Å². The minimum Gasteiger partial charge on any atom is -0.251 e. The van der Waals surface area contributed by atoms with Crippen LogP contribution < -0.4 is 0 Å². The van der Waals surface area contributed by atoms with Crippen molar-refractivity contribution in [3.8, 4) is 0 Å². The van der Waals surface area contributed by atoms with Gasteiger partial charge in [0.15, 0.2) is 0 Å². The van der Waals surface area contributed by atoms with Gasteiger partial charge in [-0.05, 0) is 113 Å². The van der Waals surface area contributed by atoms with Crippen LogP contribution in [0.4, 0.5) is 11.4 Å². The van der Waals surface area contributed by atoms with Crippen LogP contribution in [-0.2, 0) is 29.3 Å². The normalized spacial score (nSPS) is 12.2. The first-order valence-corrected chi connectivity index (χ1v) is 39.3. The van der Waals surface area contributed by atoms with Crippen molar-refractivity contribution in [3.63, 3.8) is 0 Å². The first kappa shape index (κ1) is 82.8. The molecule has 0 aromatic heterocycles. The summed E-state index contributed by atoms with van der Waals surface area (Å²) in [4.78, 5) is 11.2. The number of hydrogen-bond acceptors (Lipinski definition) is 2. The average molecular weight is 1240 g/mol. The zero-order chi connectivity index (χ0) is 61.2. The van der Waals surface area contributed by atoms with E-state index in [0.29, 0.717) is 0 Å². The number of nitrogens with zero attached hydrogens (tertiary/aromatic N) is 2. The van der Waals surface area contributed by atoms with E-state index >= 15 is 0 Å². The molecule has 0 bridgehead atoms. The van der Waals surface area contributed by atoms with Crippen LogP contribution in [-0.4, -0.2) is 11.4 Å². The Morgan fingerprint density at radius 3 is 0.713 bits per heavy atom. The van der Waals surface area contributed by atoms with E-state index in [0.717, 1.165) is 56.3 Å². The van der Waals surface area contributed by atoms with Gasteiger partial charge in [0.1, 0.15) is 0 Å². The number of unbranched alkanes of at least 4 members (excludes halogenated alkanes) is 52. The summed E-state index contributed by atoms with van der Waals surface area (Å²) < 4.78 is 0. The topological polar surface area (TPSA) is 24.7 Å². The maximum Gasteiger partial charge on any atom is 0.0665 e. The third-order valence-electron chi connectivity index (χ3n) is 18.8. The zero-order valence-electron chi connectivity index (χ0n) is 59.0. The molecule has 0 amide bonds. The van der Waals surface area contributed by atoms with E-state index in [1.165, 1.54) is 376 Å². The van der Waals surface area contributed by atoms with Crippen LogP contribution in [0.1, 0.15) is 424 Å². The van der Waals surface area contributed by atoms with Crippen molar-refractivity contribution < 1.29 is 16.5 Å². The molecule has 0 spiro atoms. The van der Waals surface area contributed by atoms with Crippen molar-refractivity contribution in [1.29, 1.82) is 0 Å². The van der Waals surface area contributed by atoms with Gasteiger partial charge in [-0.3, -0.25) is 9.98 Å². The molecule has 0 aliphatic carbocycles. The van der Waals surface area contributed by atoms with Crippen molar-refractivity contribution in [3.05, 3.63) is 84.0 Å². The summed E-state index contributed by atoms with van der Waals surface area (Å²) >= 11 is 0. The first-order valence-electron chi connectivity index (χ1n) is 39.3. The summed E-state index contributed by atoms with van der Waals surface area (Å²) in [6, 6.07) is 18.0. The minimum atomic E-state index is 0. The molecule has 0 atom stereocenters. The number of aliphatic imine (C=N–C) groups is 2. The Morgan fingerprint density at radius 1 is 0.241 bits per heavy atom. The van der Waals surface area contributed by atoms with Gasteiger partial charge in [0.05, 0.1) is 22.8 Å². The van der Waals surface area contributed by atoms with Crippen molar-refractivity contribution >= 4 is 22.8 Å². The van der Waals surface area contributed by atoms with Crippen LogP contribution in [0.15, 0.2) is 82.8 Å². The van der Waals surface area contributed by atoms with E-state index in [1.54, 1.807) is 0 Å². The molecule has 0 saturated carbocycles. The predicted octanol–water partition coefficient (Wildman–Crippen LogP) is 30.2. The third-order valence-corrected chi connectivity index (χ3v) is 18.8. The molecule has 0 radical (unpaired) electrons. The predicted molar refractivity (Wildman–Crippen MR) is 392 cm³/mol. The number of allylic oxidation sites excluding steroid dienone is 4. The molecule has 2 aromatic rings. The number of para-hydroxylation sites is 2. The molecular weight excluding hydrogens is 1100 g/mol. The molecule has 0 fully saturated rings. The van der Waals surface area contributed by atoms with Gasteiger partial charge in [0, 0.05) is 16.5 Å². The number of aryl methyl sites for hydroxylation is 2. The van der Waals surface area contributed by atoms with Gasteiger partial charge in [-0.2, -0.15) is 0 Å². The molecule has 2 nitrogen and oxygen atoms in total. The summed E-state index contributed by atoms with van der Waals surface area (Å²) in [7, 11) is 0.